The van der Waals surface area contributed by atoms with E-state index in [0.29, 0.717) is 18.7 Å². The van der Waals surface area contributed by atoms with Gasteiger partial charge in [-0.1, -0.05) is 13.8 Å². The molecule has 3 heterocycles. The summed E-state index contributed by atoms with van der Waals surface area (Å²) in [6, 6.07) is 0.0448. The minimum Gasteiger partial charge on any atom is -0.444 e. The molecule has 11 heteroatoms. The van der Waals surface area contributed by atoms with Gasteiger partial charge in [0.1, 0.15) is 5.60 Å². The molecule has 1 saturated carbocycles. The number of hydrogen-bond donors (Lipinski definition) is 0. The largest absolute Gasteiger partial charge is 0.453 e. The molecule has 2 aromatic rings. The molecule has 2 aromatic heterocycles. The zero-order valence-electron chi connectivity index (χ0n) is 18.8. The van der Waals surface area contributed by atoms with Crippen LogP contribution in [-0.4, -0.2) is 48.3 Å². The van der Waals surface area contributed by atoms with Gasteiger partial charge in [0.25, 0.3) is 11.4 Å². The number of piperidine rings is 1. The minimum atomic E-state index is -4.74. The lowest BCUT2D eigenvalue weighted by molar-refractivity contribution is -0.144. The third-order valence-corrected chi connectivity index (χ3v) is 6.20. The van der Waals surface area contributed by atoms with Crippen molar-refractivity contribution < 1.29 is 22.7 Å². The van der Waals surface area contributed by atoms with E-state index < -0.39 is 23.2 Å². The highest BCUT2D eigenvalue weighted by molar-refractivity contribution is 5.69. The molecule has 4 rings (SSSR count). The van der Waals surface area contributed by atoms with Crippen molar-refractivity contribution in [1.82, 2.24) is 24.1 Å². The summed E-state index contributed by atoms with van der Waals surface area (Å²) in [6.45, 7) is 10.0. The van der Waals surface area contributed by atoms with Crippen LogP contribution in [0.15, 0.2) is 11.0 Å². The molecule has 1 saturated heterocycles. The highest BCUT2D eigenvalue weighted by Gasteiger charge is 2.47. The molecule has 2 fully saturated rings. The Kier molecular flexibility index (Phi) is 5.28. The Labute approximate surface area is 183 Å². The average Bonchev–Trinajstić information content (AvgIpc) is 3.35. The van der Waals surface area contributed by atoms with Crippen LogP contribution in [0.4, 0.5) is 18.0 Å². The van der Waals surface area contributed by atoms with E-state index >= 15 is 0 Å². The fourth-order valence-electron chi connectivity index (χ4n) is 4.76. The van der Waals surface area contributed by atoms with Crippen LogP contribution in [0.25, 0.3) is 5.78 Å². The molecule has 0 radical (unpaired) electrons. The van der Waals surface area contributed by atoms with Crippen LogP contribution in [0, 0.1) is 11.8 Å². The first-order valence-corrected chi connectivity index (χ1v) is 10.8. The van der Waals surface area contributed by atoms with Crippen LogP contribution in [0.2, 0.25) is 0 Å². The van der Waals surface area contributed by atoms with E-state index in [9.17, 15) is 22.8 Å². The summed E-state index contributed by atoms with van der Waals surface area (Å²) in [6.07, 6.45) is -1.91. The molecule has 0 aromatic carbocycles. The number of carbonyl (C=O) groups excluding carboxylic acids is 1. The number of alkyl halides is 3. The van der Waals surface area contributed by atoms with Gasteiger partial charge in [0.2, 0.25) is 5.78 Å². The fraction of sp³-hybridized carbons (Fsp3) is 0.714. The lowest BCUT2D eigenvalue weighted by Crippen LogP contribution is -2.43. The Morgan fingerprint density at radius 1 is 1.25 bits per heavy atom. The second-order valence-corrected chi connectivity index (χ2v) is 10.1. The predicted octanol–water partition coefficient (Wildman–Crippen LogP) is 3.68. The Hall–Kier alpha value is -2.59. The number of amides is 1. The Morgan fingerprint density at radius 3 is 2.47 bits per heavy atom. The number of nitrogens with zero attached hydrogens (tertiary/aromatic N) is 5. The zero-order valence-corrected chi connectivity index (χ0v) is 18.8. The van der Waals surface area contributed by atoms with Gasteiger partial charge in [0, 0.05) is 30.9 Å². The van der Waals surface area contributed by atoms with E-state index in [1.54, 1.807) is 15.7 Å². The second-order valence-electron chi connectivity index (χ2n) is 10.1. The monoisotopic (exact) mass is 455 g/mol. The van der Waals surface area contributed by atoms with Gasteiger partial charge in [-0.3, -0.25) is 4.79 Å². The molecule has 8 nitrogen and oxygen atoms in total. The minimum absolute atomic E-state index is 0.0448. The van der Waals surface area contributed by atoms with Crippen LogP contribution >= 0.6 is 0 Å². The summed E-state index contributed by atoms with van der Waals surface area (Å²) in [5.74, 6) is -1.26. The quantitative estimate of drug-likeness (QED) is 0.705. The maximum Gasteiger partial charge on any atom is 0.453 e. The van der Waals surface area contributed by atoms with Gasteiger partial charge in [-0.15, -0.1) is 5.10 Å². The SMILES string of the molecule is CC(C)c1cn(C[C@@H]2C[C@@H]3C[C@H]2CN3C(=O)OC(C)(C)C)c2nc(C(F)(F)F)nn2c1=O. The van der Waals surface area contributed by atoms with Gasteiger partial charge >= 0.3 is 12.3 Å². The summed E-state index contributed by atoms with van der Waals surface area (Å²) < 4.78 is 47.5. The first-order valence-electron chi connectivity index (χ1n) is 10.8. The number of hydrogen-bond acceptors (Lipinski definition) is 5. The van der Waals surface area contributed by atoms with Crippen molar-refractivity contribution in [3.05, 3.63) is 27.9 Å². The van der Waals surface area contributed by atoms with Crippen molar-refractivity contribution in [3.8, 4) is 0 Å². The molecule has 1 aliphatic carbocycles. The number of likely N-dealkylation sites (tertiary alicyclic amines) is 1. The molecule has 176 valence electrons. The molecular formula is C21H28F3N5O3. The second kappa shape index (κ2) is 7.48. The Balaban J connectivity index is 1.61. The summed E-state index contributed by atoms with van der Waals surface area (Å²) in [5.41, 5.74) is -0.773. The first-order chi connectivity index (χ1) is 14.7. The molecular weight excluding hydrogens is 427 g/mol. The number of rotatable bonds is 3. The number of halogens is 3. The Bertz CT molecular complexity index is 1100. The van der Waals surface area contributed by atoms with E-state index in [2.05, 4.69) is 10.1 Å². The highest BCUT2D eigenvalue weighted by Crippen LogP contribution is 2.43. The van der Waals surface area contributed by atoms with Crippen LogP contribution < -0.4 is 5.56 Å². The maximum atomic E-state index is 13.2. The molecule has 1 aliphatic heterocycles. The first kappa shape index (κ1) is 22.6. The van der Waals surface area contributed by atoms with Gasteiger partial charge in [0.15, 0.2) is 0 Å². The number of carbonyl (C=O) groups is 1. The predicted molar refractivity (Wildman–Crippen MR) is 109 cm³/mol. The lowest BCUT2D eigenvalue weighted by atomic mass is 9.94. The standard InChI is InChI=1S/C21H28F3N5O3/c1-11(2)15-10-27(18-25-17(21(22,23)24)26-29(18)16(15)30)8-12-6-14-7-13(12)9-28(14)19(31)32-20(3,4)5/h10-14H,6-9H2,1-5H3/t12-,13-,14+/m0/s1. The summed E-state index contributed by atoms with van der Waals surface area (Å²) >= 11 is 0. The van der Waals surface area contributed by atoms with Crippen molar-refractivity contribution in [2.45, 2.75) is 77.7 Å². The molecule has 2 bridgehead atoms. The van der Waals surface area contributed by atoms with E-state index in [-0.39, 0.29) is 35.7 Å². The smallest absolute Gasteiger partial charge is 0.444 e. The van der Waals surface area contributed by atoms with E-state index in [0.717, 1.165) is 17.4 Å². The van der Waals surface area contributed by atoms with E-state index in [1.165, 1.54) is 0 Å². The number of aromatic nitrogens is 4. The Morgan fingerprint density at radius 2 is 1.94 bits per heavy atom. The topological polar surface area (TPSA) is 81.7 Å². The molecule has 1 amide bonds. The van der Waals surface area contributed by atoms with Gasteiger partial charge in [0.05, 0.1) is 0 Å². The molecule has 0 spiro atoms. The molecule has 0 unspecified atom stereocenters. The summed E-state index contributed by atoms with van der Waals surface area (Å²) in [7, 11) is 0. The highest BCUT2D eigenvalue weighted by atomic mass is 19.4. The van der Waals surface area contributed by atoms with Crippen LogP contribution in [0.5, 0.6) is 0 Å². The van der Waals surface area contributed by atoms with Gasteiger partial charge in [-0.05, 0) is 51.4 Å². The molecule has 32 heavy (non-hydrogen) atoms. The van der Waals surface area contributed by atoms with Crippen LogP contribution in [0.3, 0.4) is 0 Å². The van der Waals surface area contributed by atoms with Gasteiger partial charge < -0.3 is 14.2 Å². The number of fused-ring (bicyclic) bond motifs is 3. The number of ether oxygens (including phenoxy) is 1. The van der Waals surface area contributed by atoms with Crippen molar-refractivity contribution in [2.24, 2.45) is 11.8 Å². The molecule has 2 aliphatic rings. The summed E-state index contributed by atoms with van der Waals surface area (Å²) in [5, 5.41) is 3.46. The van der Waals surface area contributed by atoms with Crippen molar-refractivity contribution >= 4 is 11.9 Å². The van der Waals surface area contributed by atoms with Gasteiger partial charge in [-0.25, -0.2) is 4.79 Å². The molecule has 0 N–H and O–H groups in total. The van der Waals surface area contributed by atoms with E-state index in [4.69, 9.17) is 4.74 Å². The third-order valence-electron chi connectivity index (χ3n) is 6.20. The lowest BCUT2D eigenvalue weighted by Gasteiger charge is -2.33. The fourth-order valence-corrected chi connectivity index (χ4v) is 4.76. The van der Waals surface area contributed by atoms with Crippen LogP contribution in [-0.2, 0) is 17.5 Å². The van der Waals surface area contributed by atoms with E-state index in [1.807, 2.05) is 34.6 Å². The van der Waals surface area contributed by atoms with Crippen molar-refractivity contribution in [2.75, 3.05) is 6.54 Å². The summed E-state index contributed by atoms with van der Waals surface area (Å²) in [4.78, 5) is 30.6. The normalized spacial score (nSPS) is 23.5. The van der Waals surface area contributed by atoms with Crippen molar-refractivity contribution in [1.29, 1.82) is 0 Å². The average molecular weight is 455 g/mol. The zero-order chi connectivity index (χ0) is 23.6. The molecule has 3 atom stereocenters. The third kappa shape index (κ3) is 4.09. The maximum absolute atomic E-state index is 13.2. The van der Waals surface area contributed by atoms with Gasteiger partial charge in [-0.2, -0.15) is 22.7 Å². The van der Waals surface area contributed by atoms with Crippen LogP contribution in [0.1, 0.15) is 64.8 Å². The van der Waals surface area contributed by atoms with Crippen molar-refractivity contribution in [3.63, 3.8) is 0 Å².